The van der Waals surface area contributed by atoms with Crippen LogP contribution in [0.2, 0.25) is 0 Å². The smallest absolute Gasteiger partial charge is 0.337 e. The van der Waals surface area contributed by atoms with E-state index in [1.165, 1.54) is 0 Å². The molecule has 15 heavy (non-hydrogen) atoms. The molecule has 1 aliphatic carbocycles. The maximum atomic E-state index is 12.3. The summed E-state index contributed by atoms with van der Waals surface area (Å²) in [6.45, 7) is 0. The highest BCUT2D eigenvalue weighted by atomic mass is 19.4. The summed E-state index contributed by atoms with van der Waals surface area (Å²) in [5.74, 6) is 0.257. The fraction of sp³-hybridized carbons (Fsp3) is 0.667. The van der Waals surface area contributed by atoms with Gasteiger partial charge in [0.05, 0.1) is 11.7 Å². The first-order valence-corrected chi connectivity index (χ1v) is 4.83. The summed E-state index contributed by atoms with van der Waals surface area (Å²) < 4.78 is 36.9. The fourth-order valence-electron chi connectivity index (χ4n) is 1.96. The lowest BCUT2D eigenvalue weighted by Gasteiger charge is -2.20. The Labute approximate surface area is 84.9 Å². The highest BCUT2D eigenvalue weighted by molar-refractivity contribution is 5.13. The molecule has 0 bridgehead atoms. The molecular formula is C9H12F3N3. The van der Waals surface area contributed by atoms with E-state index in [9.17, 15) is 13.2 Å². The Bertz CT molecular complexity index is 350. The van der Waals surface area contributed by atoms with E-state index >= 15 is 0 Å². The molecule has 6 heteroatoms. The molecule has 0 unspecified atom stereocenters. The van der Waals surface area contributed by atoms with E-state index in [1.807, 2.05) is 0 Å². The molecule has 3 nitrogen and oxygen atoms in total. The molecule has 84 valence electrons. The normalized spacial score (nSPS) is 20.8. The van der Waals surface area contributed by atoms with Gasteiger partial charge in [0.2, 0.25) is 0 Å². The first-order chi connectivity index (χ1) is 6.92. The molecule has 0 saturated heterocycles. The van der Waals surface area contributed by atoms with Gasteiger partial charge >= 0.3 is 6.18 Å². The molecule has 1 heterocycles. The van der Waals surface area contributed by atoms with Crippen LogP contribution in [0.3, 0.4) is 0 Å². The molecule has 1 aromatic heterocycles. The number of alkyl halides is 3. The van der Waals surface area contributed by atoms with Crippen LogP contribution in [0.25, 0.3) is 0 Å². The standard InChI is InChI=1S/C9H12F3N3/c10-9(11,12)6-5-14-7(15-6)8(13)3-1-2-4-8/h5H,1-4,13H2,(H,14,15). The third-order valence-electron chi connectivity index (χ3n) is 2.85. The molecular weight excluding hydrogens is 207 g/mol. The molecule has 2 rings (SSSR count). The minimum atomic E-state index is -4.37. The molecule has 0 aromatic carbocycles. The molecule has 0 radical (unpaired) electrons. The molecule has 0 aliphatic heterocycles. The van der Waals surface area contributed by atoms with E-state index in [0.717, 1.165) is 19.0 Å². The molecule has 0 spiro atoms. The predicted octanol–water partition coefficient (Wildman–Crippen LogP) is 2.16. The Morgan fingerprint density at radius 2 is 1.93 bits per heavy atom. The fourth-order valence-corrected chi connectivity index (χ4v) is 1.96. The Balaban J connectivity index is 2.27. The van der Waals surface area contributed by atoms with Crippen molar-refractivity contribution < 1.29 is 13.2 Å². The zero-order chi connectivity index (χ0) is 11.1. The maximum Gasteiger partial charge on any atom is 0.432 e. The number of nitrogens with two attached hydrogens (primary N) is 1. The van der Waals surface area contributed by atoms with Gasteiger partial charge in [0, 0.05) is 0 Å². The quantitative estimate of drug-likeness (QED) is 0.760. The Kier molecular flexibility index (Phi) is 2.26. The van der Waals surface area contributed by atoms with Crippen molar-refractivity contribution in [2.24, 2.45) is 5.73 Å². The summed E-state index contributed by atoms with van der Waals surface area (Å²) in [5.41, 5.74) is 4.46. The van der Waals surface area contributed by atoms with Crippen LogP contribution in [0.4, 0.5) is 13.2 Å². The van der Waals surface area contributed by atoms with E-state index in [0.29, 0.717) is 12.8 Å². The number of H-pyrrole nitrogens is 1. The van der Waals surface area contributed by atoms with Gasteiger partial charge in [0.25, 0.3) is 0 Å². The molecule has 1 aromatic rings. The first-order valence-electron chi connectivity index (χ1n) is 4.83. The second-order valence-corrected chi connectivity index (χ2v) is 4.01. The van der Waals surface area contributed by atoms with E-state index in [4.69, 9.17) is 5.73 Å². The molecule has 1 saturated carbocycles. The van der Waals surface area contributed by atoms with Crippen molar-refractivity contribution >= 4 is 0 Å². The van der Waals surface area contributed by atoms with Crippen molar-refractivity contribution in [1.82, 2.24) is 9.97 Å². The van der Waals surface area contributed by atoms with Gasteiger partial charge in [-0.3, -0.25) is 0 Å². The highest BCUT2D eigenvalue weighted by Crippen LogP contribution is 2.36. The highest BCUT2D eigenvalue weighted by Gasteiger charge is 2.38. The lowest BCUT2D eigenvalue weighted by Crippen LogP contribution is -2.34. The summed E-state index contributed by atoms with van der Waals surface area (Å²) >= 11 is 0. The largest absolute Gasteiger partial charge is 0.432 e. The third kappa shape index (κ3) is 1.86. The summed E-state index contributed by atoms with van der Waals surface area (Å²) in [6, 6.07) is 0. The second kappa shape index (κ2) is 3.23. The molecule has 0 atom stereocenters. The Hall–Kier alpha value is -1.04. The van der Waals surface area contributed by atoms with E-state index in [1.54, 1.807) is 0 Å². The van der Waals surface area contributed by atoms with Gasteiger partial charge < -0.3 is 10.7 Å². The average Bonchev–Trinajstić information content (AvgIpc) is 2.69. The summed E-state index contributed by atoms with van der Waals surface area (Å²) in [5, 5.41) is 0. The van der Waals surface area contributed by atoms with Crippen molar-refractivity contribution in [3.05, 3.63) is 17.7 Å². The minimum Gasteiger partial charge on any atom is -0.337 e. The van der Waals surface area contributed by atoms with Crippen molar-refractivity contribution in [3.8, 4) is 0 Å². The number of hydrogen-bond donors (Lipinski definition) is 2. The van der Waals surface area contributed by atoms with E-state index in [-0.39, 0.29) is 5.82 Å². The van der Waals surface area contributed by atoms with Crippen molar-refractivity contribution in [1.29, 1.82) is 0 Å². The molecule has 1 aliphatic rings. The van der Waals surface area contributed by atoms with Gasteiger partial charge in [0.15, 0.2) is 0 Å². The number of rotatable bonds is 1. The Morgan fingerprint density at radius 1 is 1.33 bits per heavy atom. The van der Waals surface area contributed by atoms with Crippen LogP contribution in [-0.2, 0) is 11.7 Å². The molecule has 1 fully saturated rings. The average molecular weight is 219 g/mol. The number of aromatic amines is 1. The summed E-state index contributed by atoms with van der Waals surface area (Å²) in [7, 11) is 0. The van der Waals surface area contributed by atoms with Crippen LogP contribution in [0.5, 0.6) is 0 Å². The maximum absolute atomic E-state index is 12.3. The number of imidazole rings is 1. The van der Waals surface area contributed by atoms with Gasteiger partial charge in [-0.25, -0.2) is 4.98 Å². The van der Waals surface area contributed by atoms with Crippen molar-refractivity contribution in [2.45, 2.75) is 37.4 Å². The van der Waals surface area contributed by atoms with Crippen molar-refractivity contribution in [2.75, 3.05) is 0 Å². The van der Waals surface area contributed by atoms with Crippen LogP contribution in [0.1, 0.15) is 37.2 Å². The number of nitrogens with zero attached hydrogens (tertiary/aromatic N) is 1. The lowest BCUT2D eigenvalue weighted by atomic mass is 9.99. The predicted molar refractivity (Wildman–Crippen MR) is 47.9 cm³/mol. The van der Waals surface area contributed by atoms with Crippen molar-refractivity contribution in [3.63, 3.8) is 0 Å². The van der Waals surface area contributed by atoms with E-state index < -0.39 is 17.4 Å². The number of hydrogen-bond acceptors (Lipinski definition) is 2. The molecule has 0 amide bonds. The van der Waals surface area contributed by atoms with Crippen LogP contribution >= 0.6 is 0 Å². The third-order valence-corrected chi connectivity index (χ3v) is 2.85. The number of nitrogens with one attached hydrogen (secondary N) is 1. The van der Waals surface area contributed by atoms with Gasteiger partial charge in [-0.1, -0.05) is 12.8 Å². The van der Waals surface area contributed by atoms with Gasteiger partial charge in [-0.15, -0.1) is 0 Å². The van der Waals surface area contributed by atoms with Crippen LogP contribution < -0.4 is 5.73 Å². The van der Waals surface area contributed by atoms with Crippen LogP contribution in [-0.4, -0.2) is 9.97 Å². The number of halogens is 3. The number of aromatic nitrogens is 2. The monoisotopic (exact) mass is 219 g/mol. The zero-order valence-corrected chi connectivity index (χ0v) is 8.06. The van der Waals surface area contributed by atoms with E-state index in [2.05, 4.69) is 9.97 Å². The Morgan fingerprint density at radius 3 is 2.40 bits per heavy atom. The minimum absolute atomic E-state index is 0.257. The topological polar surface area (TPSA) is 54.7 Å². The SMILES string of the molecule is NC1(c2ncc(C(F)(F)F)[nH]2)CCCC1. The summed E-state index contributed by atoms with van der Waals surface area (Å²) in [6.07, 6.45) is -0.296. The van der Waals surface area contributed by atoms with Crippen LogP contribution in [0.15, 0.2) is 6.20 Å². The lowest BCUT2D eigenvalue weighted by molar-refractivity contribution is -0.141. The van der Waals surface area contributed by atoms with Gasteiger partial charge in [0.1, 0.15) is 11.5 Å². The zero-order valence-electron chi connectivity index (χ0n) is 8.06. The summed E-state index contributed by atoms with van der Waals surface area (Å²) in [4.78, 5) is 6.01. The first kappa shape index (κ1) is 10.5. The van der Waals surface area contributed by atoms with Crippen LogP contribution in [0, 0.1) is 0 Å². The van der Waals surface area contributed by atoms with Gasteiger partial charge in [-0.05, 0) is 12.8 Å². The second-order valence-electron chi connectivity index (χ2n) is 4.01. The van der Waals surface area contributed by atoms with Gasteiger partial charge in [-0.2, -0.15) is 13.2 Å². The molecule has 3 N–H and O–H groups in total.